The second-order valence-electron chi connectivity index (χ2n) is 21.6. The van der Waals surface area contributed by atoms with Gasteiger partial charge in [-0.15, -0.1) is 0 Å². The molecule has 6 nitrogen and oxygen atoms in total. The summed E-state index contributed by atoms with van der Waals surface area (Å²) in [6.45, 7) is 6.46. The highest BCUT2D eigenvalue weighted by Gasteiger charge is 2.19. The first-order valence-electron chi connectivity index (χ1n) is 32.4. The summed E-state index contributed by atoms with van der Waals surface area (Å²) in [4.78, 5) is 38.1. The van der Waals surface area contributed by atoms with E-state index in [0.29, 0.717) is 19.3 Å². The smallest absolute Gasteiger partial charge is 0.306 e. The molecule has 0 aromatic rings. The number of esters is 3. The van der Waals surface area contributed by atoms with E-state index >= 15 is 0 Å². The van der Waals surface area contributed by atoms with Crippen LogP contribution in [0.2, 0.25) is 0 Å². The van der Waals surface area contributed by atoms with Gasteiger partial charge in [0.2, 0.25) is 0 Å². The minimum absolute atomic E-state index is 0.0770. The van der Waals surface area contributed by atoms with E-state index in [-0.39, 0.29) is 31.1 Å². The van der Waals surface area contributed by atoms with Gasteiger partial charge in [-0.2, -0.15) is 0 Å². The maximum atomic E-state index is 12.8. The summed E-state index contributed by atoms with van der Waals surface area (Å²) in [5, 5.41) is 0. The minimum atomic E-state index is -0.778. The van der Waals surface area contributed by atoms with Gasteiger partial charge in [0.25, 0.3) is 0 Å². The first kappa shape index (κ1) is 71.8. The van der Waals surface area contributed by atoms with Crippen molar-refractivity contribution < 1.29 is 28.6 Å². The maximum Gasteiger partial charge on any atom is 0.306 e. The van der Waals surface area contributed by atoms with Crippen LogP contribution in [0.25, 0.3) is 0 Å². The van der Waals surface area contributed by atoms with Gasteiger partial charge in [0.05, 0.1) is 0 Å². The van der Waals surface area contributed by atoms with Crippen LogP contribution in [0.15, 0.2) is 72.9 Å². The predicted molar refractivity (Wildman–Crippen MR) is 325 cm³/mol. The number of hydrogen-bond acceptors (Lipinski definition) is 6. The van der Waals surface area contributed by atoms with E-state index in [1.165, 1.54) is 186 Å². The van der Waals surface area contributed by atoms with Crippen molar-refractivity contribution in [2.24, 2.45) is 0 Å². The van der Waals surface area contributed by atoms with Crippen molar-refractivity contribution in [2.75, 3.05) is 13.2 Å². The summed E-state index contributed by atoms with van der Waals surface area (Å²) in [5.74, 6) is -0.884. The number of hydrogen-bond donors (Lipinski definition) is 0. The highest BCUT2D eigenvalue weighted by Crippen LogP contribution is 2.17. The van der Waals surface area contributed by atoms with Crippen LogP contribution < -0.4 is 0 Å². The van der Waals surface area contributed by atoms with E-state index in [1.807, 2.05) is 0 Å². The molecule has 0 fully saturated rings. The molecular formula is C69H122O6. The molecule has 0 bridgehead atoms. The van der Waals surface area contributed by atoms with E-state index < -0.39 is 6.10 Å². The summed E-state index contributed by atoms with van der Waals surface area (Å²) in [6, 6.07) is 0. The standard InChI is InChI=1S/C69H122O6/c1-4-7-10-13-16-19-22-23-24-25-26-27-28-29-30-31-32-33-34-35-36-37-38-39-40-41-42-43-44-45-48-50-53-56-59-62-68(71)74-65-66(75-69(72)63-60-57-54-51-47-21-18-15-12-9-6-3)64-73-67(70)61-58-55-52-49-46-20-17-14-11-8-5-2/h7,10,14-19,23-24,26-27,66H,4-6,8-9,11-13,20-22,25,28-65H2,1-3H3/b10-7-,17-14-,18-15-,19-16-,24-23-,27-26-. The quantitative estimate of drug-likeness (QED) is 0.0261. The fourth-order valence-corrected chi connectivity index (χ4v) is 9.28. The van der Waals surface area contributed by atoms with E-state index in [0.717, 1.165) is 103 Å². The van der Waals surface area contributed by atoms with E-state index in [9.17, 15) is 14.4 Å². The molecule has 75 heavy (non-hydrogen) atoms. The van der Waals surface area contributed by atoms with Crippen LogP contribution in [-0.2, 0) is 28.6 Å². The molecular weight excluding hydrogens is 925 g/mol. The zero-order valence-corrected chi connectivity index (χ0v) is 49.8. The maximum absolute atomic E-state index is 12.8. The zero-order chi connectivity index (χ0) is 54.3. The molecule has 0 radical (unpaired) electrons. The molecule has 0 N–H and O–H groups in total. The largest absolute Gasteiger partial charge is 0.462 e. The first-order chi connectivity index (χ1) is 37.0. The molecule has 0 spiro atoms. The monoisotopic (exact) mass is 1050 g/mol. The van der Waals surface area contributed by atoms with Crippen molar-refractivity contribution in [1.82, 2.24) is 0 Å². The molecule has 0 aliphatic rings. The van der Waals surface area contributed by atoms with Crippen molar-refractivity contribution in [2.45, 2.75) is 335 Å². The van der Waals surface area contributed by atoms with Crippen molar-refractivity contribution in [3.63, 3.8) is 0 Å². The molecule has 0 aromatic carbocycles. The summed E-state index contributed by atoms with van der Waals surface area (Å²) in [5.41, 5.74) is 0. The molecule has 0 saturated heterocycles. The lowest BCUT2D eigenvalue weighted by molar-refractivity contribution is -0.167. The summed E-state index contributed by atoms with van der Waals surface area (Å²) >= 11 is 0. The van der Waals surface area contributed by atoms with Crippen LogP contribution in [0, 0.1) is 0 Å². The molecule has 434 valence electrons. The molecule has 1 unspecified atom stereocenters. The zero-order valence-electron chi connectivity index (χ0n) is 49.8. The van der Waals surface area contributed by atoms with Gasteiger partial charge in [0.1, 0.15) is 13.2 Å². The van der Waals surface area contributed by atoms with E-state index in [2.05, 4.69) is 93.7 Å². The number of rotatable bonds is 59. The second kappa shape index (κ2) is 63.4. The van der Waals surface area contributed by atoms with Crippen LogP contribution in [0.1, 0.15) is 329 Å². The van der Waals surface area contributed by atoms with Crippen LogP contribution in [-0.4, -0.2) is 37.2 Å². The lowest BCUT2D eigenvalue weighted by atomic mass is 10.0. The van der Waals surface area contributed by atoms with Crippen LogP contribution in [0.3, 0.4) is 0 Å². The number of unbranched alkanes of at least 4 members (excludes halogenated alkanes) is 36. The highest BCUT2D eigenvalue weighted by atomic mass is 16.6. The van der Waals surface area contributed by atoms with Gasteiger partial charge in [-0.3, -0.25) is 14.4 Å². The van der Waals surface area contributed by atoms with Gasteiger partial charge in [0, 0.05) is 19.3 Å². The molecule has 1 atom stereocenters. The van der Waals surface area contributed by atoms with Crippen molar-refractivity contribution >= 4 is 17.9 Å². The molecule has 0 saturated carbocycles. The molecule has 0 heterocycles. The Labute approximate surface area is 465 Å². The van der Waals surface area contributed by atoms with Crippen molar-refractivity contribution in [3.05, 3.63) is 72.9 Å². The summed E-state index contributed by atoms with van der Waals surface area (Å²) in [6.07, 6.45) is 82.4. The van der Waals surface area contributed by atoms with Gasteiger partial charge >= 0.3 is 17.9 Å². The normalized spacial score (nSPS) is 12.5. The topological polar surface area (TPSA) is 78.9 Å². The minimum Gasteiger partial charge on any atom is -0.462 e. The van der Waals surface area contributed by atoms with Crippen LogP contribution in [0.5, 0.6) is 0 Å². The Morgan fingerprint density at radius 1 is 0.280 bits per heavy atom. The number of carbonyl (C=O) groups is 3. The third-order valence-corrected chi connectivity index (χ3v) is 14.2. The van der Waals surface area contributed by atoms with Crippen molar-refractivity contribution in [3.8, 4) is 0 Å². The van der Waals surface area contributed by atoms with E-state index in [1.54, 1.807) is 0 Å². The summed E-state index contributed by atoms with van der Waals surface area (Å²) in [7, 11) is 0. The first-order valence-corrected chi connectivity index (χ1v) is 32.4. The Bertz CT molecular complexity index is 1390. The molecule has 0 aromatic heterocycles. The Balaban J connectivity index is 3.97. The van der Waals surface area contributed by atoms with Gasteiger partial charge < -0.3 is 14.2 Å². The average Bonchev–Trinajstić information content (AvgIpc) is 3.41. The SMILES string of the molecule is CC/C=C\C/C=C\C/C=C\C/C=C\CCCCCCCCCCCCCCCCCCCCCCCCC(=O)OCC(COC(=O)CCCCCCC/C=C\CCCC)OC(=O)CCCCCCC/C=C\CCCC. The van der Waals surface area contributed by atoms with Crippen molar-refractivity contribution in [1.29, 1.82) is 0 Å². The Kier molecular flexibility index (Phi) is 60.7. The average molecular weight is 1050 g/mol. The molecule has 6 heteroatoms. The van der Waals surface area contributed by atoms with Gasteiger partial charge in [-0.05, 0) is 96.3 Å². The molecule has 0 amide bonds. The number of ether oxygens (including phenoxy) is 3. The summed E-state index contributed by atoms with van der Waals surface area (Å²) < 4.78 is 16.8. The number of allylic oxidation sites excluding steroid dienone is 12. The lowest BCUT2D eigenvalue weighted by Crippen LogP contribution is -2.30. The molecule has 0 aliphatic carbocycles. The Hall–Kier alpha value is -3.15. The predicted octanol–water partition coefficient (Wildman–Crippen LogP) is 22.1. The Morgan fingerprint density at radius 2 is 0.520 bits per heavy atom. The molecule has 0 rings (SSSR count). The third-order valence-electron chi connectivity index (χ3n) is 14.2. The molecule has 0 aliphatic heterocycles. The fraction of sp³-hybridized carbons (Fsp3) is 0.783. The fourth-order valence-electron chi connectivity index (χ4n) is 9.28. The van der Waals surface area contributed by atoms with Gasteiger partial charge in [0.15, 0.2) is 6.10 Å². The highest BCUT2D eigenvalue weighted by molar-refractivity contribution is 5.71. The van der Waals surface area contributed by atoms with Crippen LogP contribution in [0.4, 0.5) is 0 Å². The van der Waals surface area contributed by atoms with Gasteiger partial charge in [-0.1, -0.05) is 286 Å². The lowest BCUT2D eigenvalue weighted by Gasteiger charge is -2.18. The van der Waals surface area contributed by atoms with E-state index in [4.69, 9.17) is 14.2 Å². The third kappa shape index (κ3) is 61.6. The van der Waals surface area contributed by atoms with Gasteiger partial charge in [-0.25, -0.2) is 0 Å². The Morgan fingerprint density at radius 3 is 0.827 bits per heavy atom. The number of carbonyl (C=O) groups excluding carboxylic acids is 3. The van der Waals surface area contributed by atoms with Crippen LogP contribution >= 0.6 is 0 Å². The second-order valence-corrected chi connectivity index (χ2v) is 21.6.